The first-order chi connectivity index (χ1) is 11.0. The van der Waals surface area contributed by atoms with Gasteiger partial charge in [0.25, 0.3) is 11.6 Å². The topological polar surface area (TPSA) is 80.5 Å². The Morgan fingerprint density at radius 3 is 2.65 bits per heavy atom. The van der Waals surface area contributed by atoms with Crippen molar-refractivity contribution in [2.45, 2.75) is 12.8 Å². The predicted molar refractivity (Wildman–Crippen MR) is 87.7 cm³/mol. The van der Waals surface area contributed by atoms with Gasteiger partial charge in [-0.05, 0) is 24.6 Å². The molecular weight excluding hydrogens is 340 g/mol. The van der Waals surface area contributed by atoms with E-state index in [1.54, 1.807) is 6.07 Å². The fourth-order valence-electron chi connectivity index (χ4n) is 2.48. The van der Waals surface area contributed by atoms with Crippen LogP contribution >= 0.6 is 22.9 Å². The number of Topliss-reactive ketones (excluding diaryl/α,β-unsaturated/α-hetero) is 1. The zero-order valence-corrected chi connectivity index (χ0v) is 13.4. The number of nitro benzene ring substituents is 1. The molecular formula is C15H11ClN2O4S. The van der Waals surface area contributed by atoms with E-state index in [0.29, 0.717) is 39.9 Å². The second-order valence-electron chi connectivity index (χ2n) is 5.05. The number of hydrogen-bond donors (Lipinski definition) is 0. The molecule has 0 radical (unpaired) electrons. The monoisotopic (exact) mass is 350 g/mol. The molecule has 8 heteroatoms. The molecule has 0 bridgehead atoms. The van der Waals surface area contributed by atoms with Crippen LogP contribution in [0.5, 0.6) is 0 Å². The zero-order valence-electron chi connectivity index (χ0n) is 11.8. The number of halogens is 1. The number of non-ortho nitro benzene ring substituents is 1. The van der Waals surface area contributed by atoms with Crippen LogP contribution in [0.4, 0.5) is 11.4 Å². The molecule has 3 rings (SSSR count). The number of thiophene rings is 1. The minimum absolute atomic E-state index is 0.0177. The van der Waals surface area contributed by atoms with Crippen LogP contribution in [0.2, 0.25) is 4.34 Å². The van der Waals surface area contributed by atoms with Gasteiger partial charge in [0, 0.05) is 30.7 Å². The summed E-state index contributed by atoms with van der Waals surface area (Å²) in [5.41, 5.74) is 0.774. The lowest BCUT2D eigenvalue weighted by Gasteiger charge is -2.20. The fourth-order valence-corrected chi connectivity index (χ4v) is 3.67. The predicted octanol–water partition coefficient (Wildman–Crippen LogP) is 3.93. The average Bonchev–Trinajstić information content (AvgIpc) is 2.85. The standard InChI is InChI=1S/C15H11ClN2O4S/c16-13-8-11-14(23-13)12(19)2-1-7-17(11)15(20)9-3-5-10(6-4-9)18(21)22/h3-6,8H,1-2,7H2. The molecule has 1 amide bonds. The molecule has 2 heterocycles. The molecule has 1 aromatic carbocycles. The maximum atomic E-state index is 12.7. The van der Waals surface area contributed by atoms with E-state index in [-0.39, 0.29) is 17.4 Å². The third-order valence-corrected chi connectivity index (χ3v) is 4.88. The van der Waals surface area contributed by atoms with Gasteiger partial charge in [-0.2, -0.15) is 0 Å². The van der Waals surface area contributed by atoms with Crippen molar-refractivity contribution >= 4 is 46.0 Å². The molecule has 0 N–H and O–H groups in total. The minimum atomic E-state index is -0.518. The Kier molecular flexibility index (Phi) is 4.14. The number of carbonyl (C=O) groups is 2. The molecule has 0 saturated heterocycles. The maximum absolute atomic E-state index is 12.7. The van der Waals surface area contributed by atoms with Gasteiger partial charge >= 0.3 is 0 Å². The summed E-state index contributed by atoms with van der Waals surface area (Å²) in [6.07, 6.45) is 0.935. The van der Waals surface area contributed by atoms with Crippen LogP contribution in [0.15, 0.2) is 30.3 Å². The summed E-state index contributed by atoms with van der Waals surface area (Å²) in [5, 5.41) is 10.7. The number of nitrogens with zero attached hydrogens (tertiary/aromatic N) is 2. The highest BCUT2D eigenvalue weighted by molar-refractivity contribution is 7.18. The number of ketones is 1. The molecule has 0 fully saturated rings. The van der Waals surface area contributed by atoms with Gasteiger partial charge in [0.2, 0.25) is 0 Å². The van der Waals surface area contributed by atoms with Crippen LogP contribution in [-0.2, 0) is 0 Å². The molecule has 0 aliphatic carbocycles. The van der Waals surface area contributed by atoms with E-state index in [0.717, 1.165) is 0 Å². The number of rotatable bonds is 2. The van der Waals surface area contributed by atoms with Crippen LogP contribution in [0.1, 0.15) is 32.9 Å². The molecule has 6 nitrogen and oxygen atoms in total. The van der Waals surface area contributed by atoms with E-state index in [4.69, 9.17) is 11.6 Å². The number of nitro groups is 1. The quantitative estimate of drug-likeness (QED) is 0.607. The fraction of sp³-hybridized carbons (Fsp3) is 0.200. The number of benzene rings is 1. The van der Waals surface area contributed by atoms with Crippen molar-refractivity contribution in [3.05, 3.63) is 55.2 Å². The minimum Gasteiger partial charge on any atom is -0.307 e. The summed E-state index contributed by atoms with van der Waals surface area (Å²) in [5.74, 6) is -0.318. The average molecular weight is 351 g/mol. The molecule has 118 valence electrons. The van der Waals surface area contributed by atoms with E-state index >= 15 is 0 Å². The molecule has 0 atom stereocenters. The lowest BCUT2D eigenvalue weighted by atomic mass is 10.1. The van der Waals surface area contributed by atoms with E-state index in [1.165, 1.54) is 40.5 Å². The van der Waals surface area contributed by atoms with Crippen LogP contribution in [-0.4, -0.2) is 23.2 Å². The molecule has 0 unspecified atom stereocenters. The van der Waals surface area contributed by atoms with Crippen LogP contribution in [0.3, 0.4) is 0 Å². The normalized spacial score (nSPS) is 14.3. The van der Waals surface area contributed by atoms with E-state index < -0.39 is 4.92 Å². The van der Waals surface area contributed by atoms with Gasteiger partial charge in [0.1, 0.15) is 0 Å². The third kappa shape index (κ3) is 2.97. The van der Waals surface area contributed by atoms with Gasteiger partial charge in [0.15, 0.2) is 5.78 Å². The van der Waals surface area contributed by atoms with Crippen molar-refractivity contribution in [1.82, 2.24) is 0 Å². The van der Waals surface area contributed by atoms with Crippen molar-refractivity contribution in [3.63, 3.8) is 0 Å². The summed E-state index contributed by atoms with van der Waals surface area (Å²) in [4.78, 5) is 37.0. The molecule has 0 spiro atoms. The Morgan fingerprint density at radius 2 is 2.00 bits per heavy atom. The first kappa shape index (κ1) is 15.6. The van der Waals surface area contributed by atoms with Crippen molar-refractivity contribution in [1.29, 1.82) is 0 Å². The van der Waals surface area contributed by atoms with Crippen LogP contribution in [0.25, 0.3) is 0 Å². The second-order valence-corrected chi connectivity index (χ2v) is 6.74. The summed E-state index contributed by atoms with van der Waals surface area (Å²) < 4.78 is 0.451. The highest BCUT2D eigenvalue weighted by Gasteiger charge is 2.28. The summed E-state index contributed by atoms with van der Waals surface area (Å²) in [7, 11) is 0. The zero-order chi connectivity index (χ0) is 16.6. The second kappa shape index (κ2) is 6.10. The Labute approximate surface area is 140 Å². The number of amides is 1. The van der Waals surface area contributed by atoms with Gasteiger partial charge in [-0.25, -0.2) is 0 Å². The Morgan fingerprint density at radius 1 is 1.30 bits per heavy atom. The van der Waals surface area contributed by atoms with Gasteiger partial charge in [-0.1, -0.05) is 11.6 Å². The maximum Gasteiger partial charge on any atom is 0.269 e. The van der Waals surface area contributed by atoms with Gasteiger partial charge in [0.05, 0.1) is 19.8 Å². The van der Waals surface area contributed by atoms with Crippen molar-refractivity contribution in [3.8, 4) is 0 Å². The van der Waals surface area contributed by atoms with Crippen molar-refractivity contribution in [2.24, 2.45) is 0 Å². The highest BCUT2D eigenvalue weighted by Crippen LogP contribution is 2.37. The van der Waals surface area contributed by atoms with E-state index in [2.05, 4.69) is 0 Å². The summed E-state index contributed by atoms with van der Waals surface area (Å²) in [6.45, 7) is 0.404. The molecule has 0 saturated carbocycles. The first-order valence-corrected chi connectivity index (χ1v) is 8.05. The summed E-state index contributed by atoms with van der Waals surface area (Å²) in [6, 6.07) is 7.03. The number of fused-ring (bicyclic) bond motifs is 1. The van der Waals surface area contributed by atoms with E-state index in [9.17, 15) is 19.7 Å². The smallest absolute Gasteiger partial charge is 0.269 e. The molecule has 2 aromatic rings. The largest absolute Gasteiger partial charge is 0.307 e. The number of anilines is 1. The van der Waals surface area contributed by atoms with Crippen LogP contribution in [0, 0.1) is 10.1 Å². The Balaban J connectivity index is 1.96. The third-order valence-electron chi connectivity index (χ3n) is 3.58. The van der Waals surface area contributed by atoms with Gasteiger partial charge in [-0.3, -0.25) is 19.7 Å². The Bertz CT molecular complexity index is 800. The van der Waals surface area contributed by atoms with Crippen LogP contribution < -0.4 is 4.90 Å². The number of carbonyl (C=O) groups excluding carboxylic acids is 2. The van der Waals surface area contributed by atoms with Gasteiger partial charge < -0.3 is 4.90 Å². The first-order valence-electron chi connectivity index (χ1n) is 6.86. The molecule has 23 heavy (non-hydrogen) atoms. The number of hydrogen-bond acceptors (Lipinski definition) is 5. The Hall–Kier alpha value is -2.25. The highest BCUT2D eigenvalue weighted by atomic mass is 35.5. The van der Waals surface area contributed by atoms with Crippen molar-refractivity contribution < 1.29 is 14.5 Å². The lowest BCUT2D eigenvalue weighted by Crippen LogP contribution is -2.31. The van der Waals surface area contributed by atoms with Crippen molar-refractivity contribution in [2.75, 3.05) is 11.4 Å². The SMILES string of the molecule is O=C1CCCN(C(=O)c2ccc([N+](=O)[O-])cc2)c2cc(Cl)sc21. The molecule has 1 aliphatic heterocycles. The summed E-state index contributed by atoms with van der Waals surface area (Å²) >= 11 is 7.16. The molecule has 1 aliphatic rings. The molecule has 1 aromatic heterocycles. The van der Waals surface area contributed by atoms with E-state index in [1.807, 2.05) is 0 Å². The van der Waals surface area contributed by atoms with Gasteiger partial charge in [-0.15, -0.1) is 11.3 Å². The lowest BCUT2D eigenvalue weighted by molar-refractivity contribution is -0.384.